The van der Waals surface area contributed by atoms with E-state index in [4.69, 9.17) is 4.74 Å². The van der Waals surface area contributed by atoms with Crippen LogP contribution in [0.15, 0.2) is 29.3 Å². The van der Waals surface area contributed by atoms with Crippen LogP contribution >= 0.6 is 0 Å². The van der Waals surface area contributed by atoms with Crippen molar-refractivity contribution in [2.45, 2.75) is 6.23 Å². The Labute approximate surface area is 64.8 Å². The lowest BCUT2D eigenvalue weighted by Gasteiger charge is -1.97. The van der Waals surface area contributed by atoms with Gasteiger partial charge in [-0.3, -0.25) is 0 Å². The lowest BCUT2D eigenvalue weighted by atomic mass is 10.3. The molecule has 1 aliphatic rings. The van der Waals surface area contributed by atoms with E-state index in [-0.39, 0.29) is 6.23 Å². The highest BCUT2D eigenvalue weighted by molar-refractivity contribution is 5.31. The maximum absolute atomic E-state index is 5.07. The van der Waals surface area contributed by atoms with Crippen LogP contribution in [0.5, 0.6) is 0 Å². The van der Waals surface area contributed by atoms with Crippen molar-refractivity contribution in [3.8, 4) is 0 Å². The molecule has 0 N–H and O–H groups in total. The summed E-state index contributed by atoms with van der Waals surface area (Å²) in [5, 5.41) is 2.19. The molecule has 1 aromatic carbocycles. The fourth-order valence-electron chi connectivity index (χ4n) is 1.19. The van der Waals surface area contributed by atoms with Crippen molar-refractivity contribution < 1.29 is 4.74 Å². The minimum absolute atomic E-state index is 0.0765. The van der Waals surface area contributed by atoms with Gasteiger partial charge in [-0.05, 0) is 12.1 Å². The summed E-state index contributed by atoms with van der Waals surface area (Å²) in [6.07, 6.45) is 1.93. The minimum Gasteiger partial charge on any atom is -0.356 e. The van der Waals surface area contributed by atoms with Crippen LogP contribution in [-0.2, 0) is 4.74 Å². The van der Waals surface area contributed by atoms with E-state index in [1.165, 1.54) is 5.22 Å². The smallest absolute Gasteiger partial charge is 0.168 e. The van der Waals surface area contributed by atoms with Crippen molar-refractivity contribution in [2.24, 2.45) is 4.99 Å². The fourth-order valence-corrected chi connectivity index (χ4v) is 1.19. The third kappa shape index (κ3) is 1.05. The molecular formula is C9H9NO. The van der Waals surface area contributed by atoms with Crippen LogP contribution in [-0.4, -0.2) is 13.3 Å². The van der Waals surface area contributed by atoms with Gasteiger partial charge in [0.15, 0.2) is 6.23 Å². The molecule has 11 heavy (non-hydrogen) atoms. The van der Waals surface area contributed by atoms with Crippen molar-refractivity contribution in [3.63, 3.8) is 0 Å². The van der Waals surface area contributed by atoms with E-state index in [0.717, 1.165) is 5.36 Å². The number of methoxy groups -OCH3 is 1. The molecule has 2 heteroatoms. The summed E-state index contributed by atoms with van der Waals surface area (Å²) in [5.41, 5.74) is 0. The second kappa shape index (κ2) is 2.47. The van der Waals surface area contributed by atoms with Gasteiger partial charge < -0.3 is 4.74 Å². The highest BCUT2D eigenvalue weighted by Gasteiger charge is 2.04. The molecule has 0 saturated heterocycles. The van der Waals surface area contributed by atoms with Gasteiger partial charge in [-0.1, -0.05) is 18.2 Å². The molecule has 0 bridgehead atoms. The summed E-state index contributed by atoms with van der Waals surface area (Å²) < 4.78 is 5.07. The Morgan fingerprint density at radius 2 is 2.18 bits per heavy atom. The third-order valence-electron chi connectivity index (χ3n) is 1.77. The van der Waals surface area contributed by atoms with Crippen LogP contribution in [0.1, 0.15) is 0 Å². The Kier molecular flexibility index (Phi) is 1.47. The van der Waals surface area contributed by atoms with Crippen LogP contribution in [0.2, 0.25) is 0 Å². The van der Waals surface area contributed by atoms with E-state index in [2.05, 4.69) is 4.99 Å². The van der Waals surface area contributed by atoms with Crippen molar-refractivity contribution in [1.82, 2.24) is 0 Å². The van der Waals surface area contributed by atoms with Gasteiger partial charge in [0.2, 0.25) is 0 Å². The molecule has 0 saturated carbocycles. The highest BCUT2D eigenvalue weighted by Crippen LogP contribution is 1.94. The van der Waals surface area contributed by atoms with E-state index >= 15 is 0 Å². The molecule has 0 aromatic heterocycles. The van der Waals surface area contributed by atoms with Gasteiger partial charge in [-0.25, -0.2) is 4.99 Å². The zero-order valence-corrected chi connectivity index (χ0v) is 6.32. The van der Waals surface area contributed by atoms with Gasteiger partial charge in [0.25, 0.3) is 0 Å². The van der Waals surface area contributed by atoms with Crippen molar-refractivity contribution >= 4 is 6.08 Å². The van der Waals surface area contributed by atoms with Crippen LogP contribution in [0.3, 0.4) is 0 Å². The van der Waals surface area contributed by atoms with E-state index in [1.54, 1.807) is 7.11 Å². The average Bonchev–Trinajstić information content (AvgIpc) is 2.46. The highest BCUT2D eigenvalue weighted by atomic mass is 16.5. The van der Waals surface area contributed by atoms with Gasteiger partial charge in [0.1, 0.15) is 0 Å². The molecule has 1 heterocycles. The summed E-state index contributed by atoms with van der Waals surface area (Å²) in [6, 6.07) is 8.01. The Balaban J connectivity index is 2.61. The van der Waals surface area contributed by atoms with Crippen LogP contribution in [0.4, 0.5) is 0 Å². The van der Waals surface area contributed by atoms with Gasteiger partial charge in [-0.2, -0.15) is 0 Å². The summed E-state index contributed by atoms with van der Waals surface area (Å²) in [4.78, 5) is 4.29. The first kappa shape index (κ1) is 6.55. The summed E-state index contributed by atoms with van der Waals surface area (Å²) in [7, 11) is 1.66. The van der Waals surface area contributed by atoms with Crippen molar-refractivity contribution in [3.05, 3.63) is 34.8 Å². The van der Waals surface area contributed by atoms with E-state index in [9.17, 15) is 0 Å². The normalized spacial score (nSPS) is 20.3. The van der Waals surface area contributed by atoms with E-state index < -0.39 is 0 Å². The van der Waals surface area contributed by atoms with E-state index in [1.807, 2.05) is 30.3 Å². The second-order valence-corrected chi connectivity index (χ2v) is 2.48. The largest absolute Gasteiger partial charge is 0.356 e. The number of hydrogen-bond donors (Lipinski definition) is 0. The summed E-state index contributed by atoms with van der Waals surface area (Å²) in [6.45, 7) is 0. The number of rotatable bonds is 1. The molecule has 1 unspecified atom stereocenters. The molecule has 1 atom stereocenters. The van der Waals surface area contributed by atoms with Crippen molar-refractivity contribution in [1.29, 1.82) is 0 Å². The average molecular weight is 147 g/mol. The number of nitrogens with zero attached hydrogens (tertiary/aromatic N) is 1. The zero-order valence-electron chi connectivity index (χ0n) is 6.32. The number of hydrogen-bond acceptors (Lipinski definition) is 2. The molecule has 56 valence electrons. The quantitative estimate of drug-likeness (QED) is 0.551. The second-order valence-electron chi connectivity index (χ2n) is 2.48. The maximum atomic E-state index is 5.07. The summed E-state index contributed by atoms with van der Waals surface area (Å²) >= 11 is 0. The lowest BCUT2D eigenvalue weighted by Crippen LogP contribution is -2.19. The SMILES string of the molecule is COC1C=c2ccccc2=N1. The van der Waals surface area contributed by atoms with Gasteiger partial charge in [0.05, 0.1) is 5.36 Å². The Morgan fingerprint density at radius 1 is 1.36 bits per heavy atom. The monoisotopic (exact) mass is 147 g/mol. The minimum atomic E-state index is -0.0765. The Hall–Kier alpha value is -1.15. The van der Waals surface area contributed by atoms with Gasteiger partial charge in [0, 0.05) is 12.3 Å². The number of fused-ring (bicyclic) bond motifs is 1. The lowest BCUT2D eigenvalue weighted by molar-refractivity contribution is 0.160. The molecule has 2 nitrogen and oxygen atoms in total. The maximum Gasteiger partial charge on any atom is 0.168 e. The first-order chi connectivity index (χ1) is 5.40. The molecule has 0 amide bonds. The molecule has 0 spiro atoms. The topological polar surface area (TPSA) is 21.6 Å². The van der Waals surface area contributed by atoms with E-state index in [0.29, 0.717) is 0 Å². The molecular weight excluding hydrogens is 138 g/mol. The number of ether oxygens (including phenoxy) is 1. The standard InChI is InChI=1S/C9H9NO/c1-11-9-6-7-4-2-3-5-8(7)10-9/h2-6,9H,1H3. The van der Waals surface area contributed by atoms with Crippen molar-refractivity contribution in [2.75, 3.05) is 7.11 Å². The fraction of sp³-hybridized carbons (Fsp3) is 0.222. The first-order valence-electron chi connectivity index (χ1n) is 3.58. The number of para-hydroxylation sites is 1. The van der Waals surface area contributed by atoms with Gasteiger partial charge >= 0.3 is 0 Å². The summed E-state index contributed by atoms with van der Waals surface area (Å²) in [5.74, 6) is 0. The van der Waals surface area contributed by atoms with Crippen LogP contribution in [0, 0.1) is 0 Å². The Bertz CT molecular complexity index is 334. The Morgan fingerprint density at radius 3 is 2.91 bits per heavy atom. The molecule has 0 fully saturated rings. The van der Waals surface area contributed by atoms with Gasteiger partial charge in [-0.15, -0.1) is 0 Å². The molecule has 1 aromatic rings. The molecule has 2 rings (SSSR count). The predicted molar refractivity (Wildman–Crippen MR) is 42.5 cm³/mol. The molecule has 1 aliphatic heterocycles. The van der Waals surface area contributed by atoms with Crippen LogP contribution < -0.4 is 10.6 Å². The molecule has 0 radical (unpaired) electrons. The first-order valence-corrected chi connectivity index (χ1v) is 3.58. The van der Waals surface area contributed by atoms with Crippen LogP contribution in [0.25, 0.3) is 6.08 Å². The predicted octanol–water partition coefficient (Wildman–Crippen LogP) is 0.0728. The molecule has 0 aliphatic carbocycles. The third-order valence-corrected chi connectivity index (χ3v) is 1.77. The number of benzene rings is 1. The zero-order chi connectivity index (χ0) is 7.68.